The summed E-state index contributed by atoms with van der Waals surface area (Å²) in [5.41, 5.74) is 2.01. The summed E-state index contributed by atoms with van der Waals surface area (Å²) in [5.74, 6) is -1.68. The van der Waals surface area contributed by atoms with E-state index in [9.17, 15) is 18.4 Å². The molecule has 0 N–H and O–H groups in total. The van der Waals surface area contributed by atoms with Gasteiger partial charge in [-0.25, -0.2) is 18.4 Å². The van der Waals surface area contributed by atoms with Gasteiger partial charge in [0.1, 0.15) is 11.5 Å². The van der Waals surface area contributed by atoms with Crippen LogP contribution in [0.25, 0.3) is 0 Å². The fourth-order valence-corrected chi connectivity index (χ4v) is 7.01. The maximum atomic E-state index is 14.7. The summed E-state index contributed by atoms with van der Waals surface area (Å²) in [5, 5.41) is 16.6. The number of carbonyl (C=O) groups is 2. The van der Waals surface area contributed by atoms with E-state index < -0.39 is 23.6 Å². The number of ether oxygens (including phenoxy) is 4. The second-order valence-electron chi connectivity index (χ2n) is 15.7. The van der Waals surface area contributed by atoms with Gasteiger partial charge in [0.05, 0.1) is 51.6 Å². The van der Waals surface area contributed by atoms with Crippen molar-refractivity contribution in [1.29, 1.82) is 0 Å². The summed E-state index contributed by atoms with van der Waals surface area (Å²) in [6.45, 7) is 5.34. The minimum absolute atomic E-state index is 0.131. The predicted molar refractivity (Wildman–Crippen MR) is 254 cm³/mol. The van der Waals surface area contributed by atoms with Crippen LogP contribution in [-0.4, -0.2) is 25.2 Å². The average Bonchev–Trinajstić information content (AvgIpc) is 3.31. The zero-order valence-corrected chi connectivity index (χ0v) is 39.0. The Morgan fingerprint density at radius 1 is 0.446 bits per heavy atom. The maximum Gasteiger partial charge on any atom is 0.343 e. The summed E-state index contributed by atoms with van der Waals surface area (Å²) in [6, 6.07) is 26.0. The highest BCUT2D eigenvalue weighted by Gasteiger charge is 2.15. The van der Waals surface area contributed by atoms with Crippen molar-refractivity contribution in [1.82, 2.24) is 0 Å². The summed E-state index contributed by atoms with van der Waals surface area (Å²) in [4.78, 5) is 26.1. The lowest BCUT2D eigenvalue weighted by atomic mass is 10.1. The quantitative estimate of drug-likeness (QED) is 0.0213. The number of hydrogen-bond acceptors (Lipinski definition) is 10. The molecule has 65 heavy (non-hydrogen) atoms. The summed E-state index contributed by atoms with van der Waals surface area (Å²) in [7, 11) is 0. The first-order valence-corrected chi connectivity index (χ1v) is 23.6. The molecule has 10 nitrogen and oxygen atoms in total. The van der Waals surface area contributed by atoms with Crippen LogP contribution in [0.15, 0.2) is 128 Å². The van der Waals surface area contributed by atoms with E-state index in [0.29, 0.717) is 40.4 Å². The van der Waals surface area contributed by atoms with Crippen molar-refractivity contribution in [2.45, 2.75) is 117 Å². The van der Waals surface area contributed by atoms with E-state index in [-0.39, 0.29) is 34.1 Å². The third-order valence-corrected chi connectivity index (χ3v) is 11.1. The monoisotopic (exact) mass is 952 g/mol. The van der Waals surface area contributed by atoms with Gasteiger partial charge in [0.25, 0.3) is 0 Å². The Kier molecular flexibility index (Phi) is 21.7. The molecule has 0 aromatic heterocycles. The van der Waals surface area contributed by atoms with Gasteiger partial charge in [-0.3, -0.25) is 0 Å². The van der Waals surface area contributed by atoms with E-state index in [1.165, 1.54) is 107 Å². The van der Waals surface area contributed by atoms with Crippen molar-refractivity contribution in [3.63, 3.8) is 0 Å². The van der Waals surface area contributed by atoms with E-state index in [0.717, 1.165) is 38.5 Å². The minimum atomic E-state index is -0.659. The molecule has 0 heterocycles. The first kappa shape index (κ1) is 50.2. The maximum absolute atomic E-state index is 14.7. The van der Waals surface area contributed by atoms with Crippen LogP contribution < -0.4 is 18.9 Å². The van der Waals surface area contributed by atoms with Crippen LogP contribution in [0.3, 0.4) is 0 Å². The van der Waals surface area contributed by atoms with Gasteiger partial charge in [-0.15, -0.1) is 0 Å². The Balaban J connectivity index is 1.05. The molecule has 0 aliphatic rings. The molecule has 344 valence electrons. The first-order valence-electron chi connectivity index (χ1n) is 22.8. The Labute approximate surface area is 390 Å². The second-order valence-corrected chi connectivity index (χ2v) is 16.6. The van der Waals surface area contributed by atoms with Crippen LogP contribution in [0.5, 0.6) is 23.0 Å². The van der Waals surface area contributed by atoms with E-state index in [4.69, 9.17) is 18.9 Å². The van der Waals surface area contributed by atoms with Crippen LogP contribution in [0.2, 0.25) is 0 Å². The largest absolute Gasteiger partial charge is 0.491 e. The zero-order valence-electron chi connectivity index (χ0n) is 37.4. The molecule has 0 radical (unpaired) electrons. The number of halogens is 3. The fraction of sp³-hybridized carbons (Fsp3) is 0.385. The van der Waals surface area contributed by atoms with Crippen molar-refractivity contribution in [2.75, 3.05) is 13.2 Å². The lowest BCUT2D eigenvalue weighted by Gasteiger charge is -2.10. The van der Waals surface area contributed by atoms with E-state index in [1.54, 1.807) is 60.7 Å². The van der Waals surface area contributed by atoms with Gasteiger partial charge in [0.15, 0.2) is 23.1 Å². The number of esters is 2. The fourth-order valence-electron chi connectivity index (χ4n) is 6.68. The Morgan fingerprint density at radius 3 is 1.26 bits per heavy atom. The van der Waals surface area contributed by atoms with E-state index in [2.05, 4.69) is 50.2 Å². The van der Waals surface area contributed by atoms with Crippen LogP contribution in [0.4, 0.5) is 31.5 Å². The predicted octanol–water partition coefficient (Wildman–Crippen LogP) is 17.0. The number of azo groups is 2. The Morgan fingerprint density at radius 2 is 0.831 bits per heavy atom. The molecule has 0 saturated carbocycles. The number of benzene rings is 5. The molecule has 0 bridgehead atoms. The molecule has 0 amide bonds. The lowest BCUT2D eigenvalue weighted by molar-refractivity contribution is 0.0732. The third-order valence-electron chi connectivity index (χ3n) is 10.4. The minimum Gasteiger partial charge on any atom is -0.491 e. The molecular formula is C52H59BrF2N4O6. The smallest absolute Gasteiger partial charge is 0.343 e. The van der Waals surface area contributed by atoms with Gasteiger partial charge in [-0.1, -0.05) is 104 Å². The molecule has 0 aliphatic heterocycles. The van der Waals surface area contributed by atoms with Crippen molar-refractivity contribution in [3.05, 3.63) is 130 Å². The first-order chi connectivity index (χ1) is 31.7. The number of carbonyl (C=O) groups excluding carboxylic acids is 2. The van der Waals surface area contributed by atoms with Crippen LogP contribution in [0, 0.1) is 11.6 Å². The third kappa shape index (κ3) is 17.9. The molecule has 13 heteroatoms. The topological polar surface area (TPSA) is 121 Å². The number of unbranched alkanes of at least 4 members (excludes halogenated alkanes) is 14. The normalized spacial score (nSPS) is 11.3. The summed E-state index contributed by atoms with van der Waals surface area (Å²) in [6.07, 6.45) is 18.8. The molecule has 0 atom stereocenters. The highest BCUT2D eigenvalue weighted by atomic mass is 79.9. The van der Waals surface area contributed by atoms with Gasteiger partial charge >= 0.3 is 11.9 Å². The average molecular weight is 954 g/mol. The van der Waals surface area contributed by atoms with Gasteiger partial charge < -0.3 is 18.9 Å². The van der Waals surface area contributed by atoms with Gasteiger partial charge in [-0.2, -0.15) is 20.5 Å². The number of rotatable bonds is 28. The zero-order chi connectivity index (χ0) is 46.1. The summed E-state index contributed by atoms with van der Waals surface area (Å²) >= 11 is 3.38. The van der Waals surface area contributed by atoms with Gasteiger partial charge in [0, 0.05) is 18.2 Å². The van der Waals surface area contributed by atoms with Crippen LogP contribution in [-0.2, 0) is 0 Å². The summed E-state index contributed by atoms with van der Waals surface area (Å²) < 4.78 is 52.3. The molecule has 5 aromatic carbocycles. The molecule has 0 fully saturated rings. The molecule has 0 saturated heterocycles. The SMILES string of the molecule is CCCCCCCCCCOc1ccc(N=Nc2ccc(C(=O)Oc3ccc(Br)c(OC(=O)c4ccc(N=Nc5ccc(OCCCCCCCCCC)c(F)c5)cc4)c3)cc2)cc1F. The van der Waals surface area contributed by atoms with Gasteiger partial charge in [-0.05, 0) is 114 Å². The molecular weight excluding hydrogens is 894 g/mol. The van der Waals surface area contributed by atoms with Crippen molar-refractivity contribution in [3.8, 4) is 23.0 Å². The van der Waals surface area contributed by atoms with Crippen LogP contribution in [0.1, 0.15) is 137 Å². The van der Waals surface area contributed by atoms with Crippen LogP contribution >= 0.6 is 15.9 Å². The standard InChI is InChI=1S/C52H59BrF2N4O6/c1-3-5-7-9-11-13-15-17-33-62-48-31-27-42(35-46(48)54)58-56-40-23-19-38(20-24-40)51(60)64-44-29-30-45(53)50(37-44)65-52(61)39-21-25-41(26-22-39)57-59-43-28-32-49(47(55)36-43)63-34-18-16-14-12-10-8-6-4-2/h19-32,35-37H,3-18,33-34H2,1-2H3. The number of hydrogen-bond donors (Lipinski definition) is 0. The van der Waals surface area contributed by atoms with E-state index in [1.807, 2.05) is 0 Å². The molecule has 0 unspecified atom stereocenters. The van der Waals surface area contributed by atoms with Crippen molar-refractivity contribution in [2.24, 2.45) is 20.5 Å². The molecule has 0 aliphatic carbocycles. The molecule has 5 aromatic rings. The van der Waals surface area contributed by atoms with Crippen molar-refractivity contribution >= 4 is 50.6 Å². The van der Waals surface area contributed by atoms with E-state index >= 15 is 0 Å². The molecule has 5 rings (SSSR count). The lowest BCUT2D eigenvalue weighted by Crippen LogP contribution is -2.10. The number of nitrogens with zero attached hydrogens (tertiary/aromatic N) is 4. The van der Waals surface area contributed by atoms with Gasteiger partial charge in [0.2, 0.25) is 0 Å². The Bertz CT molecular complexity index is 2310. The Hall–Kier alpha value is -5.82. The van der Waals surface area contributed by atoms with Crippen molar-refractivity contribution < 1.29 is 37.3 Å². The second kappa shape index (κ2) is 28.2. The highest BCUT2D eigenvalue weighted by molar-refractivity contribution is 9.10. The highest BCUT2D eigenvalue weighted by Crippen LogP contribution is 2.32. The molecule has 0 spiro atoms.